The van der Waals surface area contributed by atoms with Crippen molar-refractivity contribution in [3.63, 3.8) is 0 Å². The van der Waals surface area contributed by atoms with Crippen LogP contribution in [0.3, 0.4) is 0 Å². The van der Waals surface area contributed by atoms with Crippen LogP contribution < -0.4 is 28.2 Å². The molecule has 0 heterocycles. The van der Waals surface area contributed by atoms with E-state index in [2.05, 4.69) is 0 Å². The fourth-order valence-electron chi connectivity index (χ4n) is 0. The summed E-state index contributed by atoms with van der Waals surface area (Å²) in [6, 6.07) is 0. The third-order valence-electron chi connectivity index (χ3n) is 0. The van der Waals surface area contributed by atoms with Crippen LogP contribution >= 0.6 is 0 Å². The van der Waals surface area contributed by atoms with Crippen LogP contribution in [0.2, 0.25) is 0 Å². The molecule has 13 heteroatoms. The molecule has 0 amide bonds. The first-order valence-corrected chi connectivity index (χ1v) is 0. The fourth-order valence-corrected chi connectivity index (χ4v) is 0. The van der Waals surface area contributed by atoms with Gasteiger partial charge in [0.2, 0.25) is 0 Å². The molecule has 0 atom stereocenters. The van der Waals surface area contributed by atoms with Crippen LogP contribution in [0.25, 0.3) is 0 Å². The van der Waals surface area contributed by atoms with E-state index in [1.807, 2.05) is 0 Å². The third kappa shape index (κ3) is 49900. The van der Waals surface area contributed by atoms with Gasteiger partial charge in [-0.05, 0) is 0 Å². The van der Waals surface area contributed by atoms with Gasteiger partial charge in [-0.1, -0.05) is 0 Å². The van der Waals surface area contributed by atoms with E-state index in [4.69, 9.17) is 0 Å². The Bertz CT molecular complexity index is 5.09. The molecule has 0 aromatic carbocycles. The van der Waals surface area contributed by atoms with Gasteiger partial charge in [-0.15, -0.1) is 0 Å². The SMILES string of the molecule is F.F.F.F.F.F.[F-].[F-].[F-].[F-].[F-].[F-].[Mo]. The van der Waals surface area contributed by atoms with Crippen molar-refractivity contribution < 1.29 is 77.5 Å². The van der Waals surface area contributed by atoms with E-state index in [0.29, 0.717) is 0 Å². The smallest absolute Gasteiger partial charge is 0 e. The van der Waals surface area contributed by atoms with E-state index in [1.54, 1.807) is 0 Å². The molecule has 0 fully saturated rings. The molecular weight excluding hydrogens is 324 g/mol. The predicted molar refractivity (Wildman–Crippen MR) is 15.0 cm³/mol. The maximum absolute atomic E-state index is 0. The first kappa shape index (κ1) is 78400. The van der Waals surface area contributed by atoms with Gasteiger partial charge in [-0.25, -0.2) is 0 Å². The number of rotatable bonds is 0. The predicted octanol–water partition coefficient (Wildman–Crippen LogP) is -17.1. The molecule has 0 N–H and O–H groups in total. The van der Waals surface area contributed by atoms with Crippen molar-refractivity contribution in [3.8, 4) is 0 Å². The minimum absolute atomic E-state index is 0. The zero-order valence-corrected chi connectivity index (χ0v) is 7.13. The van der Waals surface area contributed by atoms with Gasteiger partial charge in [-0.2, -0.15) is 0 Å². The summed E-state index contributed by atoms with van der Waals surface area (Å²) >= 11 is 0. The molecule has 0 nitrogen and oxygen atoms in total. The van der Waals surface area contributed by atoms with Gasteiger partial charge >= 0.3 is 0 Å². The summed E-state index contributed by atoms with van der Waals surface area (Å²) in [5.74, 6) is 0. The van der Waals surface area contributed by atoms with Crippen LogP contribution in [0.5, 0.6) is 0 Å². The zero-order valence-electron chi connectivity index (χ0n) is 5.13. The first-order chi connectivity index (χ1) is 0. The van der Waals surface area contributed by atoms with Gasteiger partial charge in [-0.3, -0.25) is 28.2 Å². The summed E-state index contributed by atoms with van der Waals surface area (Å²) in [4.78, 5) is 0. The minimum atomic E-state index is 0. The van der Waals surface area contributed by atoms with Gasteiger partial charge in [0.1, 0.15) is 0 Å². The van der Waals surface area contributed by atoms with E-state index < -0.39 is 0 Å². The molecule has 0 saturated carbocycles. The quantitative estimate of drug-likeness (QED) is 0.306. The largest absolute Gasteiger partial charge is 1.00 e. The monoisotopic (exact) mass is 332 g/mol. The van der Waals surface area contributed by atoms with Gasteiger partial charge in [0.15, 0.2) is 0 Å². The molecule has 0 bridgehead atoms. The van der Waals surface area contributed by atoms with Crippen LogP contribution in [0.4, 0.5) is 28.2 Å². The Morgan fingerprint density at radius 3 is 0.231 bits per heavy atom. The second-order valence-corrected chi connectivity index (χ2v) is 0. The van der Waals surface area contributed by atoms with Crippen LogP contribution in [0.1, 0.15) is 0 Å². The second-order valence-electron chi connectivity index (χ2n) is 0. The Hall–Kier alpha value is -0.152. The fraction of sp³-hybridized carbons (Fsp3) is 0. The molecule has 0 aromatic heterocycles. The Kier molecular flexibility index (Phi) is 365000000. The van der Waals surface area contributed by atoms with Crippen molar-refractivity contribution in [2.24, 2.45) is 0 Å². The van der Waals surface area contributed by atoms with Crippen molar-refractivity contribution in [1.82, 2.24) is 0 Å². The van der Waals surface area contributed by atoms with Crippen molar-refractivity contribution in [2.45, 2.75) is 0 Å². The minimum Gasteiger partial charge on any atom is -1.00 e. The maximum atomic E-state index is 0. The van der Waals surface area contributed by atoms with E-state index in [-0.39, 0.29) is 77.5 Å². The number of halogens is 12. The summed E-state index contributed by atoms with van der Waals surface area (Å²) in [7, 11) is 0. The Balaban J connectivity index is 0. The Morgan fingerprint density at radius 1 is 0.231 bits per heavy atom. The number of hydrogen-bond donors (Lipinski definition) is 0. The summed E-state index contributed by atoms with van der Waals surface area (Å²) in [5, 5.41) is 0. The van der Waals surface area contributed by atoms with Crippen LogP contribution in [-0.4, -0.2) is 0 Å². The first-order valence-electron chi connectivity index (χ1n) is 0. The van der Waals surface area contributed by atoms with Gasteiger partial charge < -0.3 is 28.2 Å². The van der Waals surface area contributed by atoms with E-state index in [9.17, 15) is 0 Å². The summed E-state index contributed by atoms with van der Waals surface area (Å²) in [6.45, 7) is 0. The average molecular weight is 330 g/mol. The molecule has 13 heavy (non-hydrogen) atoms. The molecule has 102 valence electrons. The van der Waals surface area contributed by atoms with Crippen molar-refractivity contribution in [1.29, 1.82) is 0 Å². The Labute approximate surface area is 78.5 Å². The molecule has 0 rings (SSSR count). The third-order valence-corrected chi connectivity index (χ3v) is 0. The number of hydrogen-bond acceptors (Lipinski definition) is 0. The normalized spacial score (nSPS) is 0. The van der Waals surface area contributed by atoms with Gasteiger partial charge in [0.05, 0.1) is 0 Å². The molecule has 0 unspecified atom stereocenters. The summed E-state index contributed by atoms with van der Waals surface area (Å²) in [6.07, 6.45) is 0. The Morgan fingerprint density at radius 2 is 0.231 bits per heavy atom. The van der Waals surface area contributed by atoms with Crippen molar-refractivity contribution in [2.75, 3.05) is 0 Å². The standard InChI is InChI=1S/12FH.Mo/h12*1H;/p-6. The molecule has 0 spiro atoms. The molecular formula is H6F12Mo-6. The summed E-state index contributed by atoms with van der Waals surface area (Å²) in [5.41, 5.74) is 0. The van der Waals surface area contributed by atoms with Crippen LogP contribution in [0, 0.1) is 0 Å². The van der Waals surface area contributed by atoms with E-state index >= 15 is 0 Å². The van der Waals surface area contributed by atoms with Gasteiger partial charge in [0.25, 0.3) is 0 Å². The van der Waals surface area contributed by atoms with Crippen molar-refractivity contribution >= 4 is 0 Å². The molecule has 0 aliphatic carbocycles. The second kappa shape index (κ2) is 60600. The average Bonchev–Trinajstić information content (AvgIpc) is 0. The van der Waals surface area contributed by atoms with E-state index in [1.165, 1.54) is 0 Å². The van der Waals surface area contributed by atoms with Crippen LogP contribution in [0.15, 0.2) is 0 Å². The van der Waals surface area contributed by atoms with Crippen LogP contribution in [-0.2, 0) is 21.1 Å². The molecule has 0 aliphatic rings. The summed E-state index contributed by atoms with van der Waals surface area (Å²) < 4.78 is 0. The zero-order chi connectivity index (χ0) is 0. The topological polar surface area (TPSA) is 0 Å². The molecule has 0 saturated heterocycles. The van der Waals surface area contributed by atoms with E-state index in [0.717, 1.165) is 0 Å². The van der Waals surface area contributed by atoms with Crippen molar-refractivity contribution in [3.05, 3.63) is 0 Å². The van der Waals surface area contributed by atoms with Gasteiger partial charge in [0, 0.05) is 21.1 Å². The molecule has 0 radical (unpaired) electrons. The molecule has 0 aliphatic heterocycles. The molecule has 0 aromatic rings. The maximum Gasteiger partial charge on any atom is 0 e.